The minimum Gasteiger partial charge on any atom is -0.469 e. The van der Waals surface area contributed by atoms with Gasteiger partial charge in [-0.15, -0.1) is 0 Å². The van der Waals surface area contributed by atoms with E-state index in [1.807, 2.05) is 42.5 Å². The third-order valence-corrected chi connectivity index (χ3v) is 5.26. The van der Waals surface area contributed by atoms with Crippen molar-refractivity contribution in [1.29, 1.82) is 5.26 Å². The molecule has 0 fully saturated rings. The lowest BCUT2D eigenvalue weighted by Gasteiger charge is -2.35. The number of benzene rings is 2. The second-order valence-corrected chi connectivity index (χ2v) is 6.31. The number of carbonyl (C=O) groups excluding carboxylic acids is 2. The molecule has 2 atom stereocenters. The lowest BCUT2D eigenvalue weighted by Crippen LogP contribution is -2.43. The third-order valence-electron chi connectivity index (χ3n) is 5.26. The summed E-state index contributed by atoms with van der Waals surface area (Å²) in [5, 5.41) is 9.96. The highest BCUT2D eigenvalue weighted by atomic mass is 16.5. The van der Waals surface area contributed by atoms with Crippen molar-refractivity contribution in [3.63, 3.8) is 0 Å². The van der Waals surface area contributed by atoms with Crippen molar-refractivity contribution in [2.24, 2.45) is 0 Å². The van der Waals surface area contributed by atoms with Crippen LogP contribution in [-0.4, -0.2) is 19.0 Å². The predicted molar refractivity (Wildman–Crippen MR) is 91.0 cm³/mol. The zero-order valence-electron chi connectivity index (χ0n) is 13.7. The number of rotatable bonds is 3. The van der Waals surface area contributed by atoms with Crippen molar-refractivity contribution in [2.75, 3.05) is 12.0 Å². The Labute approximate surface area is 145 Å². The number of para-hydroxylation sites is 1. The van der Waals surface area contributed by atoms with Gasteiger partial charge in [0.2, 0.25) is 0 Å². The average Bonchev–Trinajstić information content (AvgIpc) is 3.08. The summed E-state index contributed by atoms with van der Waals surface area (Å²) >= 11 is 0. The molecule has 0 bridgehead atoms. The maximum absolute atomic E-state index is 13.1. The maximum Gasteiger partial charge on any atom is 0.305 e. The summed E-state index contributed by atoms with van der Waals surface area (Å²) in [5.74, 6) is -0.995. The van der Waals surface area contributed by atoms with Gasteiger partial charge in [0.15, 0.2) is 0 Å². The third kappa shape index (κ3) is 1.88. The SMILES string of the molecule is COC(=O)CC[C@]12c3ccccc3C(=O)N1c1ccccc1[C@H]2C#N. The van der Waals surface area contributed by atoms with Crippen LogP contribution in [0.4, 0.5) is 5.69 Å². The number of nitrogens with zero attached hydrogens (tertiary/aromatic N) is 2. The van der Waals surface area contributed by atoms with Gasteiger partial charge in [-0.25, -0.2) is 0 Å². The molecule has 0 N–H and O–H groups in total. The van der Waals surface area contributed by atoms with Gasteiger partial charge in [0.25, 0.3) is 5.91 Å². The van der Waals surface area contributed by atoms with Crippen molar-refractivity contribution in [1.82, 2.24) is 0 Å². The number of nitriles is 1. The highest BCUT2D eigenvalue weighted by molar-refractivity contribution is 6.14. The molecule has 4 rings (SSSR count). The molecule has 25 heavy (non-hydrogen) atoms. The van der Waals surface area contributed by atoms with Gasteiger partial charge >= 0.3 is 5.97 Å². The van der Waals surface area contributed by atoms with Crippen LogP contribution in [0, 0.1) is 11.3 Å². The molecule has 2 aliphatic rings. The maximum atomic E-state index is 13.1. The van der Waals surface area contributed by atoms with Crippen molar-refractivity contribution < 1.29 is 14.3 Å². The molecule has 0 spiro atoms. The number of esters is 1. The predicted octanol–water partition coefficient (Wildman–Crippen LogP) is 3.12. The van der Waals surface area contributed by atoms with Gasteiger partial charge in [-0.05, 0) is 29.7 Å². The van der Waals surface area contributed by atoms with Gasteiger partial charge in [0, 0.05) is 17.7 Å². The van der Waals surface area contributed by atoms with Crippen molar-refractivity contribution in [2.45, 2.75) is 24.3 Å². The molecule has 5 heteroatoms. The number of amides is 1. The van der Waals surface area contributed by atoms with Gasteiger partial charge in [0.05, 0.1) is 18.7 Å². The van der Waals surface area contributed by atoms with Crippen molar-refractivity contribution in [3.05, 3.63) is 65.2 Å². The van der Waals surface area contributed by atoms with Crippen LogP contribution in [0.2, 0.25) is 0 Å². The van der Waals surface area contributed by atoms with Gasteiger partial charge in [-0.1, -0.05) is 36.4 Å². The monoisotopic (exact) mass is 332 g/mol. The number of fused-ring (bicyclic) bond motifs is 5. The van der Waals surface area contributed by atoms with Crippen LogP contribution in [0.15, 0.2) is 48.5 Å². The first-order chi connectivity index (χ1) is 12.1. The summed E-state index contributed by atoms with van der Waals surface area (Å²) in [4.78, 5) is 26.6. The Hall–Kier alpha value is -3.13. The van der Waals surface area contributed by atoms with E-state index in [2.05, 4.69) is 6.07 Å². The fraction of sp³-hybridized carbons (Fsp3) is 0.250. The first-order valence-electron chi connectivity index (χ1n) is 8.14. The highest BCUT2D eigenvalue weighted by Crippen LogP contribution is 2.59. The Balaban J connectivity index is 1.95. The minimum absolute atomic E-state index is 0.120. The number of hydrogen-bond donors (Lipinski definition) is 0. The standard InChI is InChI=1S/C20H16N2O3/c1-25-18(23)10-11-20-15-8-4-2-7-14(15)19(24)22(20)17-9-5-3-6-13(17)16(20)12-21/h2-9,16H,10-11H2,1H3/t16-,20-/m1/s1. The quantitative estimate of drug-likeness (QED) is 0.810. The normalized spacial score (nSPS) is 22.8. The number of carbonyl (C=O) groups is 2. The van der Waals surface area contributed by atoms with Crippen molar-refractivity contribution in [3.8, 4) is 6.07 Å². The van der Waals surface area contributed by atoms with Gasteiger partial charge < -0.3 is 4.74 Å². The number of methoxy groups -OCH3 is 1. The smallest absolute Gasteiger partial charge is 0.305 e. The van der Waals surface area contributed by atoms with Crippen LogP contribution in [0.1, 0.15) is 40.2 Å². The van der Waals surface area contributed by atoms with Crippen LogP contribution in [0.5, 0.6) is 0 Å². The van der Waals surface area contributed by atoms with E-state index in [0.717, 1.165) is 16.8 Å². The molecule has 0 unspecified atom stereocenters. The number of anilines is 1. The number of ether oxygens (including phenoxy) is 1. The first kappa shape index (κ1) is 15.4. The van der Waals surface area contributed by atoms with Crippen LogP contribution in [0.3, 0.4) is 0 Å². The van der Waals surface area contributed by atoms with Gasteiger partial charge in [-0.2, -0.15) is 5.26 Å². The fourth-order valence-corrected chi connectivity index (χ4v) is 4.23. The van der Waals surface area contributed by atoms with Gasteiger partial charge in [0.1, 0.15) is 5.92 Å². The zero-order valence-corrected chi connectivity index (χ0v) is 13.7. The van der Waals surface area contributed by atoms with Crippen LogP contribution >= 0.6 is 0 Å². The summed E-state index contributed by atoms with van der Waals surface area (Å²) < 4.78 is 4.79. The molecule has 2 heterocycles. The van der Waals surface area contributed by atoms with E-state index in [4.69, 9.17) is 4.74 Å². The lowest BCUT2D eigenvalue weighted by atomic mass is 9.75. The fourth-order valence-electron chi connectivity index (χ4n) is 4.23. The topological polar surface area (TPSA) is 70.4 Å². The highest BCUT2D eigenvalue weighted by Gasteiger charge is 2.60. The Morgan fingerprint density at radius 3 is 2.72 bits per heavy atom. The molecule has 0 aliphatic carbocycles. The molecule has 124 valence electrons. The molecule has 2 aromatic carbocycles. The van der Waals surface area contributed by atoms with E-state index in [9.17, 15) is 14.9 Å². The lowest BCUT2D eigenvalue weighted by molar-refractivity contribution is -0.141. The molecule has 2 aliphatic heterocycles. The Kier molecular flexibility index (Phi) is 3.36. The Morgan fingerprint density at radius 1 is 1.24 bits per heavy atom. The molecular weight excluding hydrogens is 316 g/mol. The Bertz CT molecular complexity index is 931. The first-order valence-corrected chi connectivity index (χ1v) is 8.14. The summed E-state index contributed by atoms with van der Waals surface area (Å²) in [6.45, 7) is 0. The molecule has 0 aromatic heterocycles. The summed E-state index contributed by atoms with van der Waals surface area (Å²) in [7, 11) is 1.34. The minimum atomic E-state index is -0.861. The van der Waals surface area contributed by atoms with E-state index in [-0.39, 0.29) is 18.3 Å². The summed E-state index contributed by atoms with van der Waals surface area (Å²) in [5.41, 5.74) is 2.13. The van der Waals surface area contributed by atoms with E-state index in [1.165, 1.54) is 7.11 Å². The second-order valence-electron chi connectivity index (χ2n) is 6.31. The molecule has 0 radical (unpaired) electrons. The second kappa shape index (κ2) is 5.45. The zero-order chi connectivity index (χ0) is 17.6. The van der Waals surface area contributed by atoms with Crippen LogP contribution in [-0.2, 0) is 15.1 Å². The molecule has 5 nitrogen and oxygen atoms in total. The molecule has 0 saturated carbocycles. The molecule has 0 saturated heterocycles. The molecule has 2 aromatic rings. The van der Waals surface area contributed by atoms with E-state index in [0.29, 0.717) is 12.0 Å². The van der Waals surface area contributed by atoms with E-state index < -0.39 is 11.5 Å². The van der Waals surface area contributed by atoms with Crippen LogP contribution in [0.25, 0.3) is 0 Å². The van der Waals surface area contributed by atoms with Crippen molar-refractivity contribution >= 4 is 17.6 Å². The van der Waals surface area contributed by atoms with E-state index in [1.54, 1.807) is 11.0 Å². The Morgan fingerprint density at radius 2 is 1.96 bits per heavy atom. The van der Waals surface area contributed by atoms with E-state index >= 15 is 0 Å². The summed E-state index contributed by atoms with van der Waals surface area (Å²) in [6, 6.07) is 17.2. The molecule has 1 amide bonds. The largest absolute Gasteiger partial charge is 0.469 e. The summed E-state index contributed by atoms with van der Waals surface area (Å²) in [6.07, 6.45) is 0.482. The van der Waals surface area contributed by atoms with Crippen LogP contribution < -0.4 is 4.90 Å². The molecular formula is C20H16N2O3. The van der Waals surface area contributed by atoms with Gasteiger partial charge in [-0.3, -0.25) is 14.5 Å². The number of hydrogen-bond acceptors (Lipinski definition) is 4. The average molecular weight is 332 g/mol.